The lowest BCUT2D eigenvalue weighted by atomic mass is 10.2. The van der Waals surface area contributed by atoms with Crippen LogP contribution >= 0.6 is 22.9 Å². The molecular formula is C22H22ClFN4O5S. The van der Waals surface area contributed by atoms with Gasteiger partial charge in [0.1, 0.15) is 10.6 Å². The molecule has 180 valence electrons. The number of amides is 2. The van der Waals surface area contributed by atoms with E-state index in [1.54, 1.807) is 10.3 Å². The molecule has 2 amide bonds. The largest absolute Gasteiger partial charge is 0.374 e. The summed E-state index contributed by atoms with van der Waals surface area (Å²) in [5.41, 5.74) is 0.810. The SMILES string of the molecule is CC(=O)N1CCOC(COCc2csc3nc(C(=O)NCc4ccc(F)c(Cl)c4)[nH]c(=O)c23)C1. The van der Waals surface area contributed by atoms with E-state index in [9.17, 15) is 18.8 Å². The summed E-state index contributed by atoms with van der Waals surface area (Å²) in [5.74, 6) is -1.25. The first kappa shape index (κ1) is 24.3. The van der Waals surface area contributed by atoms with Gasteiger partial charge in [0.2, 0.25) is 11.7 Å². The van der Waals surface area contributed by atoms with Gasteiger partial charge in [-0.1, -0.05) is 17.7 Å². The van der Waals surface area contributed by atoms with E-state index in [1.165, 1.54) is 36.5 Å². The number of halogens is 2. The third-order valence-corrected chi connectivity index (χ3v) is 6.53. The maximum Gasteiger partial charge on any atom is 0.287 e. The number of H-pyrrole nitrogens is 1. The van der Waals surface area contributed by atoms with Crippen LogP contribution in [0, 0.1) is 5.82 Å². The molecule has 1 aliphatic rings. The van der Waals surface area contributed by atoms with Crippen molar-refractivity contribution in [2.75, 3.05) is 26.3 Å². The fourth-order valence-corrected chi connectivity index (χ4v) is 4.67. The van der Waals surface area contributed by atoms with Crippen LogP contribution in [0.25, 0.3) is 10.2 Å². The number of thiophene rings is 1. The number of aromatic amines is 1. The van der Waals surface area contributed by atoms with E-state index in [2.05, 4.69) is 15.3 Å². The number of nitrogens with one attached hydrogen (secondary N) is 2. The van der Waals surface area contributed by atoms with Crippen LogP contribution in [-0.4, -0.2) is 59.1 Å². The summed E-state index contributed by atoms with van der Waals surface area (Å²) in [7, 11) is 0. The fourth-order valence-electron chi connectivity index (χ4n) is 3.54. The number of fused-ring (bicyclic) bond motifs is 1. The highest BCUT2D eigenvalue weighted by Gasteiger charge is 2.22. The van der Waals surface area contributed by atoms with Gasteiger partial charge in [-0.05, 0) is 23.1 Å². The van der Waals surface area contributed by atoms with Crippen molar-refractivity contribution in [3.63, 3.8) is 0 Å². The molecule has 1 fully saturated rings. The van der Waals surface area contributed by atoms with Gasteiger partial charge in [-0.3, -0.25) is 14.4 Å². The summed E-state index contributed by atoms with van der Waals surface area (Å²) < 4.78 is 24.6. The van der Waals surface area contributed by atoms with Crippen LogP contribution in [0.1, 0.15) is 28.7 Å². The topological polar surface area (TPSA) is 114 Å². The lowest BCUT2D eigenvalue weighted by Crippen LogP contribution is -2.46. The van der Waals surface area contributed by atoms with Gasteiger partial charge in [0.25, 0.3) is 11.5 Å². The number of hydrogen-bond acceptors (Lipinski definition) is 7. The van der Waals surface area contributed by atoms with Gasteiger partial charge in [0, 0.05) is 32.1 Å². The molecule has 1 aromatic carbocycles. The molecule has 2 N–H and O–H groups in total. The van der Waals surface area contributed by atoms with Crippen molar-refractivity contribution >= 4 is 45.0 Å². The lowest BCUT2D eigenvalue weighted by Gasteiger charge is -2.32. The second kappa shape index (κ2) is 10.6. The van der Waals surface area contributed by atoms with E-state index in [0.29, 0.717) is 41.0 Å². The summed E-state index contributed by atoms with van der Waals surface area (Å²) >= 11 is 6.99. The number of nitrogens with zero attached hydrogens (tertiary/aromatic N) is 2. The average Bonchev–Trinajstić information content (AvgIpc) is 3.23. The van der Waals surface area contributed by atoms with Gasteiger partial charge in [0.15, 0.2) is 0 Å². The Morgan fingerprint density at radius 3 is 3.03 bits per heavy atom. The van der Waals surface area contributed by atoms with E-state index in [-0.39, 0.29) is 42.6 Å². The molecule has 2 aromatic heterocycles. The van der Waals surface area contributed by atoms with E-state index in [4.69, 9.17) is 21.1 Å². The highest BCUT2D eigenvalue weighted by molar-refractivity contribution is 7.16. The molecule has 12 heteroatoms. The second-order valence-electron chi connectivity index (χ2n) is 7.76. The van der Waals surface area contributed by atoms with Crippen LogP contribution in [0.3, 0.4) is 0 Å². The number of morpholine rings is 1. The zero-order chi connectivity index (χ0) is 24.2. The smallest absolute Gasteiger partial charge is 0.287 e. The Bertz CT molecular complexity index is 1280. The molecule has 1 aliphatic heterocycles. The molecular weight excluding hydrogens is 487 g/mol. The number of benzene rings is 1. The third-order valence-electron chi connectivity index (χ3n) is 5.32. The van der Waals surface area contributed by atoms with E-state index in [1.807, 2.05) is 0 Å². The Labute approximate surface area is 202 Å². The van der Waals surface area contributed by atoms with Crippen LogP contribution in [0.2, 0.25) is 5.02 Å². The van der Waals surface area contributed by atoms with Gasteiger partial charge >= 0.3 is 0 Å². The zero-order valence-corrected chi connectivity index (χ0v) is 19.8. The molecule has 1 atom stereocenters. The second-order valence-corrected chi connectivity index (χ2v) is 9.03. The Hall–Kier alpha value is -2.86. The number of aromatic nitrogens is 2. The summed E-state index contributed by atoms with van der Waals surface area (Å²) in [6.07, 6.45) is -0.231. The lowest BCUT2D eigenvalue weighted by molar-refractivity contribution is -0.139. The van der Waals surface area contributed by atoms with Crippen molar-refractivity contribution < 1.29 is 23.5 Å². The summed E-state index contributed by atoms with van der Waals surface area (Å²) in [6.45, 7) is 3.54. The number of hydrogen-bond donors (Lipinski definition) is 2. The maximum absolute atomic E-state index is 13.3. The molecule has 9 nitrogen and oxygen atoms in total. The van der Waals surface area contributed by atoms with Crippen molar-refractivity contribution in [2.45, 2.75) is 26.2 Å². The predicted molar refractivity (Wildman–Crippen MR) is 124 cm³/mol. The van der Waals surface area contributed by atoms with Crippen LogP contribution in [-0.2, 0) is 27.4 Å². The van der Waals surface area contributed by atoms with E-state index >= 15 is 0 Å². The van der Waals surface area contributed by atoms with Crippen LogP contribution < -0.4 is 10.9 Å². The summed E-state index contributed by atoms with van der Waals surface area (Å²) in [6, 6.07) is 4.13. The van der Waals surface area contributed by atoms with Crippen molar-refractivity contribution in [3.8, 4) is 0 Å². The number of carbonyl (C=O) groups excluding carboxylic acids is 2. The monoisotopic (exact) mass is 508 g/mol. The minimum Gasteiger partial charge on any atom is -0.374 e. The van der Waals surface area contributed by atoms with Gasteiger partial charge in [-0.15, -0.1) is 11.3 Å². The van der Waals surface area contributed by atoms with Crippen LogP contribution in [0.5, 0.6) is 0 Å². The standard InChI is InChI=1S/C22H22ClFN4O5S/c1-12(29)28-4-5-33-15(8-28)10-32-9-14-11-34-22-18(14)20(30)26-19(27-22)21(31)25-7-13-2-3-17(24)16(23)6-13/h2-3,6,11,15H,4-5,7-10H2,1H3,(H,25,31)(H,26,27,30). The minimum atomic E-state index is -0.574. The van der Waals surface area contributed by atoms with Crippen LogP contribution in [0.4, 0.5) is 4.39 Å². The number of rotatable bonds is 7. The Kier molecular flexibility index (Phi) is 7.57. The number of ether oxygens (including phenoxy) is 2. The normalized spacial score (nSPS) is 16.1. The Morgan fingerprint density at radius 1 is 1.44 bits per heavy atom. The van der Waals surface area contributed by atoms with Gasteiger partial charge in [-0.25, -0.2) is 9.37 Å². The third kappa shape index (κ3) is 5.61. The summed E-state index contributed by atoms with van der Waals surface area (Å²) in [5, 5.41) is 4.71. The molecule has 0 spiro atoms. The quantitative estimate of drug-likeness (QED) is 0.507. The molecule has 1 saturated heterocycles. The predicted octanol–water partition coefficient (Wildman–Crippen LogP) is 2.47. The Morgan fingerprint density at radius 2 is 2.26 bits per heavy atom. The number of carbonyl (C=O) groups is 2. The molecule has 0 radical (unpaired) electrons. The first-order chi connectivity index (χ1) is 16.3. The van der Waals surface area contributed by atoms with Gasteiger partial charge < -0.3 is 24.7 Å². The Balaban J connectivity index is 1.38. The van der Waals surface area contributed by atoms with Gasteiger partial charge in [0.05, 0.1) is 36.3 Å². The molecule has 4 rings (SSSR count). The van der Waals surface area contributed by atoms with Crippen molar-refractivity contribution in [1.29, 1.82) is 0 Å². The minimum absolute atomic E-state index is 0.00366. The first-order valence-corrected chi connectivity index (χ1v) is 11.7. The fraction of sp³-hybridized carbons (Fsp3) is 0.364. The molecule has 3 heterocycles. The molecule has 0 aliphatic carbocycles. The molecule has 1 unspecified atom stereocenters. The van der Waals surface area contributed by atoms with Crippen molar-refractivity contribution in [3.05, 3.63) is 61.7 Å². The average molecular weight is 509 g/mol. The highest BCUT2D eigenvalue weighted by Crippen LogP contribution is 2.22. The maximum atomic E-state index is 13.3. The summed E-state index contributed by atoms with van der Waals surface area (Å²) in [4.78, 5) is 45.6. The van der Waals surface area contributed by atoms with E-state index in [0.717, 1.165) is 0 Å². The van der Waals surface area contributed by atoms with Gasteiger partial charge in [-0.2, -0.15) is 0 Å². The molecule has 0 bridgehead atoms. The molecule has 0 saturated carbocycles. The first-order valence-electron chi connectivity index (χ1n) is 10.5. The molecule has 3 aromatic rings. The zero-order valence-electron chi connectivity index (χ0n) is 18.2. The van der Waals surface area contributed by atoms with Crippen molar-refractivity contribution in [1.82, 2.24) is 20.2 Å². The molecule has 34 heavy (non-hydrogen) atoms. The van der Waals surface area contributed by atoms with Crippen LogP contribution in [0.15, 0.2) is 28.4 Å². The van der Waals surface area contributed by atoms with Crippen molar-refractivity contribution in [2.24, 2.45) is 0 Å². The van der Waals surface area contributed by atoms with E-state index < -0.39 is 17.3 Å². The highest BCUT2D eigenvalue weighted by atomic mass is 35.5.